The molecule has 1 aliphatic rings. The lowest BCUT2D eigenvalue weighted by atomic mass is 9.80. The summed E-state index contributed by atoms with van der Waals surface area (Å²) >= 11 is 0. The molecule has 1 saturated heterocycles. The molecule has 0 atom stereocenters. The van der Waals surface area contributed by atoms with Gasteiger partial charge in [-0.15, -0.1) is 0 Å². The van der Waals surface area contributed by atoms with Crippen LogP contribution in [0, 0.1) is 12.3 Å². The number of aryl methyl sites for hydroxylation is 1. The van der Waals surface area contributed by atoms with Crippen LogP contribution in [0.5, 0.6) is 0 Å². The fraction of sp³-hybridized carbons (Fsp3) is 0.500. The van der Waals surface area contributed by atoms with Crippen LogP contribution in [0.15, 0.2) is 24.3 Å². The first-order valence-electron chi connectivity index (χ1n) is 6.06. The van der Waals surface area contributed by atoms with Crippen LogP contribution in [0.2, 0.25) is 0 Å². The Hall–Kier alpha value is -1.51. The van der Waals surface area contributed by atoms with E-state index in [4.69, 9.17) is 0 Å². The van der Waals surface area contributed by atoms with Crippen LogP contribution in [0.1, 0.15) is 25.3 Å². The molecule has 0 radical (unpaired) electrons. The zero-order chi connectivity index (χ0) is 12.5. The third-order valence-electron chi connectivity index (χ3n) is 3.75. The van der Waals surface area contributed by atoms with E-state index in [0.29, 0.717) is 0 Å². The largest absolute Gasteiger partial charge is 0.481 e. The number of hydrogen-bond acceptors (Lipinski definition) is 2. The lowest BCUT2D eigenvalue weighted by molar-refractivity contribution is -0.149. The zero-order valence-electron chi connectivity index (χ0n) is 10.4. The number of rotatable bonds is 2. The maximum atomic E-state index is 11.2. The quantitative estimate of drug-likeness (QED) is 0.853. The standard InChI is InChI=1S/C14H19NO2/c1-11-4-3-5-12(10-11)15-8-6-14(2,7-9-15)13(16)17/h3-5,10H,6-9H2,1-2H3,(H,16,17). The van der Waals surface area contributed by atoms with Gasteiger partial charge in [-0.1, -0.05) is 12.1 Å². The van der Waals surface area contributed by atoms with Gasteiger partial charge in [-0.05, 0) is 44.4 Å². The van der Waals surface area contributed by atoms with E-state index in [-0.39, 0.29) is 0 Å². The first-order valence-corrected chi connectivity index (χ1v) is 6.06. The predicted octanol–water partition coefficient (Wildman–Crippen LogP) is 2.69. The zero-order valence-corrected chi connectivity index (χ0v) is 10.4. The van der Waals surface area contributed by atoms with Crippen LogP contribution in [0.4, 0.5) is 5.69 Å². The van der Waals surface area contributed by atoms with Crippen LogP contribution in [-0.4, -0.2) is 24.2 Å². The van der Waals surface area contributed by atoms with Gasteiger partial charge in [0.2, 0.25) is 0 Å². The molecule has 1 fully saturated rings. The van der Waals surface area contributed by atoms with Gasteiger partial charge in [0, 0.05) is 18.8 Å². The van der Waals surface area contributed by atoms with Gasteiger partial charge in [-0.25, -0.2) is 0 Å². The average molecular weight is 233 g/mol. The number of anilines is 1. The fourth-order valence-electron chi connectivity index (χ4n) is 2.30. The molecule has 3 nitrogen and oxygen atoms in total. The van der Waals surface area contributed by atoms with Gasteiger partial charge in [0.25, 0.3) is 0 Å². The predicted molar refractivity (Wildman–Crippen MR) is 68.4 cm³/mol. The second kappa shape index (κ2) is 4.40. The maximum absolute atomic E-state index is 11.2. The van der Waals surface area contributed by atoms with Crippen molar-refractivity contribution in [1.29, 1.82) is 0 Å². The Balaban J connectivity index is 2.07. The molecule has 1 aliphatic heterocycles. The third kappa shape index (κ3) is 2.43. The Bertz CT molecular complexity index is 420. The second-order valence-electron chi connectivity index (χ2n) is 5.19. The summed E-state index contributed by atoms with van der Waals surface area (Å²) in [6, 6.07) is 8.38. The van der Waals surface area contributed by atoms with Crippen molar-refractivity contribution in [1.82, 2.24) is 0 Å². The summed E-state index contributed by atoms with van der Waals surface area (Å²) in [6.07, 6.45) is 1.44. The summed E-state index contributed by atoms with van der Waals surface area (Å²) in [7, 11) is 0. The molecular formula is C14H19NO2. The van der Waals surface area contributed by atoms with Crippen molar-refractivity contribution in [2.24, 2.45) is 5.41 Å². The highest BCUT2D eigenvalue weighted by Crippen LogP contribution is 2.33. The molecular weight excluding hydrogens is 214 g/mol. The van der Waals surface area contributed by atoms with Crippen LogP contribution >= 0.6 is 0 Å². The highest BCUT2D eigenvalue weighted by molar-refractivity contribution is 5.74. The van der Waals surface area contributed by atoms with Crippen molar-refractivity contribution in [2.75, 3.05) is 18.0 Å². The first-order chi connectivity index (χ1) is 8.01. The van der Waals surface area contributed by atoms with Crippen LogP contribution < -0.4 is 4.90 Å². The number of carbonyl (C=O) groups is 1. The Labute approximate surface area is 102 Å². The highest BCUT2D eigenvalue weighted by Gasteiger charge is 2.36. The van der Waals surface area contributed by atoms with E-state index in [1.165, 1.54) is 11.3 Å². The second-order valence-corrected chi connectivity index (χ2v) is 5.19. The molecule has 0 saturated carbocycles. The van der Waals surface area contributed by atoms with Crippen molar-refractivity contribution in [3.63, 3.8) is 0 Å². The normalized spacial score (nSPS) is 19.1. The first kappa shape index (κ1) is 12.0. The smallest absolute Gasteiger partial charge is 0.309 e. The van der Waals surface area contributed by atoms with E-state index in [9.17, 15) is 9.90 Å². The lowest BCUT2D eigenvalue weighted by Crippen LogP contribution is -2.42. The van der Waals surface area contributed by atoms with Gasteiger partial charge < -0.3 is 10.0 Å². The van der Waals surface area contributed by atoms with Crippen LogP contribution in [0.25, 0.3) is 0 Å². The number of piperidine rings is 1. The molecule has 17 heavy (non-hydrogen) atoms. The molecule has 0 spiro atoms. The number of nitrogens with zero attached hydrogens (tertiary/aromatic N) is 1. The SMILES string of the molecule is Cc1cccc(N2CCC(C)(C(=O)O)CC2)c1. The van der Waals surface area contributed by atoms with Crippen molar-refractivity contribution in [3.05, 3.63) is 29.8 Å². The van der Waals surface area contributed by atoms with E-state index < -0.39 is 11.4 Å². The minimum atomic E-state index is -0.665. The minimum absolute atomic E-state index is 0.541. The molecule has 0 unspecified atom stereocenters. The fourth-order valence-corrected chi connectivity index (χ4v) is 2.30. The van der Waals surface area contributed by atoms with E-state index >= 15 is 0 Å². The molecule has 2 rings (SSSR count). The topological polar surface area (TPSA) is 40.5 Å². The summed E-state index contributed by atoms with van der Waals surface area (Å²) in [4.78, 5) is 13.4. The van der Waals surface area contributed by atoms with E-state index in [0.717, 1.165) is 25.9 Å². The average Bonchev–Trinajstić information content (AvgIpc) is 2.30. The van der Waals surface area contributed by atoms with Gasteiger partial charge in [0.1, 0.15) is 0 Å². The summed E-state index contributed by atoms with van der Waals surface area (Å²) < 4.78 is 0. The number of carboxylic acids is 1. The maximum Gasteiger partial charge on any atom is 0.309 e. The molecule has 0 aromatic heterocycles. The Morgan fingerprint density at radius 3 is 2.53 bits per heavy atom. The molecule has 0 aliphatic carbocycles. The van der Waals surface area contributed by atoms with E-state index in [1.807, 2.05) is 6.92 Å². The van der Waals surface area contributed by atoms with Crippen LogP contribution in [0.3, 0.4) is 0 Å². The number of carboxylic acid groups (broad SMARTS) is 1. The molecule has 1 N–H and O–H groups in total. The van der Waals surface area contributed by atoms with Gasteiger partial charge in [0.05, 0.1) is 5.41 Å². The summed E-state index contributed by atoms with van der Waals surface area (Å²) in [5.74, 6) is -0.665. The monoisotopic (exact) mass is 233 g/mol. The molecule has 1 heterocycles. The Kier molecular flexibility index (Phi) is 3.09. The third-order valence-corrected chi connectivity index (χ3v) is 3.75. The van der Waals surface area contributed by atoms with Crippen molar-refractivity contribution in [3.8, 4) is 0 Å². The van der Waals surface area contributed by atoms with Crippen molar-refractivity contribution < 1.29 is 9.90 Å². The van der Waals surface area contributed by atoms with E-state index in [2.05, 4.69) is 36.1 Å². The van der Waals surface area contributed by atoms with Gasteiger partial charge in [-0.2, -0.15) is 0 Å². The highest BCUT2D eigenvalue weighted by atomic mass is 16.4. The lowest BCUT2D eigenvalue weighted by Gasteiger charge is -2.37. The molecule has 3 heteroatoms. The van der Waals surface area contributed by atoms with Gasteiger partial charge in [0.15, 0.2) is 0 Å². The Morgan fingerprint density at radius 2 is 2.00 bits per heavy atom. The number of aliphatic carboxylic acids is 1. The van der Waals surface area contributed by atoms with Gasteiger partial charge in [-0.3, -0.25) is 4.79 Å². The van der Waals surface area contributed by atoms with Crippen LogP contribution in [-0.2, 0) is 4.79 Å². The van der Waals surface area contributed by atoms with E-state index in [1.54, 1.807) is 0 Å². The van der Waals surface area contributed by atoms with Gasteiger partial charge >= 0.3 is 5.97 Å². The molecule has 1 aromatic carbocycles. The number of benzene rings is 1. The van der Waals surface area contributed by atoms with Crippen molar-refractivity contribution >= 4 is 11.7 Å². The molecule has 92 valence electrons. The minimum Gasteiger partial charge on any atom is -0.481 e. The molecule has 0 bridgehead atoms. The summed E-state index contributed by atoms with van der Waals surface area (Å²) in [5.41, 5.74) is 1.91. The summed E-state index contributed by atoms with van der Waals surface area (Å²) in [6.45, 7) is 5.58. The Morgan fingerprint density at radius 1 is 1.35 bits per heavy atom. The van der Waals surface area contributed by atoms with Crippen molar-refractivity contribution in [2.45, 2.75) is 26.7 Å². The summed E-state index contributed by atoms with van der Waals surface area (Å²) in [5, 5.41) is 9.18. The number of hydrogen-bond donors (Lipinski definition) is 1. The molecule has 1 aromatic rings. The molecule has 0 amide bonds.